The van der Waals surface area contributed by atoms with Gasteiger partial charge in [0, 0.05) is 49.1 Å². The summed E-state index contributed by atoms with van der Waals surface area (Å²) in [5, 5.41) is 0.180. The van der Waals surface area contributed by atoms with Crippen molar-refractivity contribution in [3.63, 3.8) is 0 Å². The molecule has 2 fully saturated rings. The minimum absolute atomic E-state index is 0.0274. The second kappa shape index (κ2) is 17.8. The van der Waals surface area contributed by atoms with Crippen LogP contribution in [0.4, 0.5) is 29.2 Å². The Morgan fingerprint density at radius 3 is 2.29 bits per heavy atom. The average Bonchev–Trinajstić information content (AvgIpc) is 3.75. The van der Waals surface area contributed by atoms with Crippen molar-refractivity contribution in [1.82, 2.24) is 29.8 Å². The number of anilines is 2. The summed E-state index contributed by atoms with van der Waals surface area (Å²) in [5.41, 5.74) is 1.27. The van der Waals surface area contributed by atoms with E-state index in [1.54, 1.807) is 27.3 Å². The Labute approximate surface area is 379 Å². The van der Waals surface area contributed by atoms with Crippen molar-refractivity contribution in [3.05, 3.63) is 112 Å². The summed E-state index contributed by atoms with van der Waals surface area (Å²) in [5.74, 6) is 2.60. The number of benzene rings is 2. The predicted molar refractivity (Wildman–Crippen MR) is 240 cm³/mol. The van der Waals surface area contributed by atoms with E-state index >= 15 is 0 Å². The smallest absolute Gasteiger partial charge is 0.418 e. The van der Waals surface area contributed by atoms with Gasteiger partial charge in [-0.3, -0.25) is 9.88 Å². The van der Waals surface area contributed by atoms with Crippen LogP contribution in [0.2, 0.25) is 5.02 Å². The van der Waals surface area contributed by atoms with Gasteiger partial charge in [0.1, 0.15) is 53.4 Å². The lowest BCUT2D eigenvalue weighted by Gasteiger charge is -2.34. The maximum Gasteiger partial charge on any atom is 0.418 e. The number of hydrogen-bond donors (Lipinski definition) is 0. The molecule has 6 aromatic rings. The third-order valence-electron chi connectivity index (χ3n) is 12.8. The van der Waals surface area contributed by atoms with Crippen LogP contribution in [0.25, 0.3) is 22.2 Å². The number of halogens is 5. The first-order valence-corrected chi connectivity index (χ1v) is 22.0. The molecule has 0 radical (unpaired) electrons. The largest absolute Gasteiger partial charge is 0.497 e. The van der Waals surface area contributed by atoms with E-state index in [0.29, 0.717) is 43.0 Å². The number of rotatable bonds is 13. The highest BCUT2D eigenvalue weighted by Gasteiger charge is 2.49. The summed E-state index contributed by atoms with van der Waals surface area (Å²) in [6.07, 6.45) is -2.03. The van der Waals surface area contributed by atoms with Gasteiger partial charge in [-0.05, 0) is 87.7 Å². The standard InChI is InChI=1S/C48H49ClF4N8O4/c1-28-22-37(39(29(2)55-28)48(51,52)53)41-40(49)42-38-44(58-46(57-42)65-27-47-17-7-19-60(47)26-33(50)23-47)61(20-21-64-45(38)56-41)30(3)36-8-6-18-54-43(36)59(24-31-9-13-34(62-4)14-10-31)25-32-11-15-35(63-5)16-12-32/h6,8-16,18,22,30,33H,7,17,19-21,23-27H2,1-5H3/t30-,33-,47+/m1/s1. The lowest BCUT2D eigenvalue weighted by molar-refractivity contribution is -0.137. The Morgan fingerprint density at radius 1 is 0.938 bits per heavy atom. The summed E-state index contributed by atoms with van der Waals surface area (Å²) in [6, 6.07) is 20.5. The number of fused-ring (bicyclic) bond motifs is 1. The molecule has 0 amide bonds. The van der Waals surface area contributed by atoms with Crippen LogP contribution in [0, 0.1) is 13.8 Å². The molecule has 2 saturated heterocycles. The number of ether oxygens (including phenoxy) is 4. The zero-order valence-electron chi connectivity index (χ0n) is 36.8. The molecule has 0 bridgehead atoms. The fraction of sp³-hybridized carbons (Fsp3) is 0.396. The summed E-state index contributed by atoms with van der Waals surface area (Å²) in [7, 11) is 3.27. The highest BCUT2D eigenvalue weighted by molar-refractivity contribution is 6.38. The van der Waals surface area contributed by atoms with E-state index in [-0.39, 0.29) is 59.1 Å². The molecule has 0 N–H and O–H groups in total. The lowest BCUT2D eigenvalue weighted by atomic mass is 9.95. The van der Waals surface area contributed by atoms with E-state index in [9.17, 15) is 17.6 Å². The SMILES string of the molecule is COc1ccc(CN(Cc2ccc(OC)cc2)c2ncccc2[C@@H](C)N2CCOc3nc(-c4cc(C)nc(C)c4C(F)(F)F)c(Cl)c4nc(OC[C@@]56CCCN5C[C@H](F)C6)nc2c34)cc1. The Bertz CT molecular complexity index is 2660. The van der Waals surface area contributed by atoms with Gasteiger partial charge in [-0.25, -0.2) is 14.4 Å². The molecule has 2 aromatic carbocycles. The average molecular weight is 913 g/mol. The summed E-state index contributed by atoms with van der Waals surface area (Å²) < 4.78 is 83.0. The van der Waals surface area contributed by atoms with Crippen LogP contribution in [-0.4, -0.2) is 88.6 Å². The van der Waals surface area contributed by atoms with Gasteiger partial charge in [0.15, 0.2) is 0 Å². The van der Waals surface area contributed by atoms with E-state index in [0.717, 1.165) is 53.4 Å². The maximum atomic E-state index is 14.9. The molecule has 12 nitrogen and oxygen atoms in total. The molecule has 17 heteroatoms. The molecule has 4 aromatic heterocycles. The summed E-state index contributed by atoms with van der Waals surface area (Å²) in [4.78, 5) is 30.1. The molecular formula is C48H49ClF4N8O4. The Hall–Kier alpha value is -6.00. The van der Waals surface area contributed by atoms with Crippen molar-refractivity contribution in [2.45, 2.75) is 77.1 Å². The number of aryl methyl sites for hydroxylation is 2. The first kappa shape index (κ1) is 44.2. The van der Waals surface area contributed by atoms with E-state index < -0.39 is 29.5 Å². The molecule has 3 aliphatic heterocycles. The van der Waals surface area contributed by atoms with Crippen LogP contribution in [0.3, 0.4) is 0 Å². The number of alkyl halides is 4. The molecule has 0 saturated carbocycles. The Balaban J connectivity index is 1.17. The van der Waals surface area contributed by atoms with Crippen molar-refractivity contribution in [2.75, 3.05) is 56.9 Å². The molecule has 9 rings (SSSR count). The first-order chi connectivity index (χ1) is 31.2. The van der Waals surface area contributed by atoms with Crippen LogP contribution in [0.5, 0.6) is 23.4 Å². The monoisotopic (exact) mass is 912 g/mol. The van der Waals surface area contributed by atoms with Gasteiger partial charge in [0.2, 0.25) is 5.88 Å². The van der Waals surface area contributed by atoms with Crippen LogP contribution in [0.1, 0.15) is 65.9 Å². The summed E-state index contributed by atoms with van der Waals surface area (Å²) >= 11 is 7.23. The molecule has 3 atom stereocenters. The quantitative estimate of drug-likeness (QED) is 0.103. The maximum absolute atomic E-state index is 14.9. The molecule has 7 heterocycles. The topological polar surface area (TPSA) is 111 Å². The van der Waals surface area contributed by atoms with Gasteiger partial charge in [-0.2, -0.15) is 23.1 Å². The molecule has 0 aliphatic carbocycles. The van der Waals surface area contributed by atoms with Crippen LogP contribution >= 0.6 is 11.6 Å². The molecular weight excluding hydrogens is 864 g/mol. The van der Waals surface area contributed by atoms with Gasteiger partial charge >= 0.3 is 12.2 Å². The summed E-state index contributed by atoms with van der Waals surface area (Å²) in [6.45, 7) is 7.54. The van der Waals surface area contributed by atoms with Gasteiger partial charge in [0.05, 0.1) is 54.3 Å². The van der Waals surface area contributed by atoms with Crippen LogP contribution < -0.4 is 28.7 Å². The molecule has 0 spiro atoms. The zero-order valence-corrected chi connectivity index (χ0v) is 37.5. The van der Waals surface area contributed by atoms with E-state index in [1.165, 1.54) is 13.0 Å². The van der Waals surface area contributed by atoms with E-state index in [4.69, 9.17) is 50.5 Å². The third kappa shape index (κ3) is 8.65. The minimum Gasteiger partial charge on any atom is -0.497 e. The third-order valence-corrected chi connectivity index (χ3v) is 13.1. The number of pyridine rings is 3. The minimum atomic E-state index is -4.77. The number of methoxy groups -OCH3 is 2. The number of nitrogens with zero attached hydrogens (tertiary/aromatic N) is 8. The normalized spacial score (nSPS) is 18.9. The van der Waals surface area contributed by atoms with Gasteiger partial charge in [0.25, 0.3) is 0 Å². The highest BCUT2D eigenvalue weighted by Crippen LogP contribution is 2.48. The van der Waals surface area contributed by atoms with Crippen molar-refractivity contribution in [1.29, 1.82) is 0 Å². The van der Waals surface area contributed by atoms with Crippen molar-refractivity contribution in [3.8, 4) is 34.6 Å². The zero-order chi connectivity index (χ0) is 45.6. The Kier molecular flexibility index (Phi) is 12.1. The number of hydrogen-bond acceptors (Lipinski definition) is 12. The van der Waals surface area contributed by atoms with Crippen molar-refractivity contribution < 1.29 is 36.5 Å². The second-order valence-electron chi connectivity index (χ2n) is 17.0. The fourth-order valence-electron chi connectivity index (χ4n) is 9.68. The van der Waals surface area contributed by atoms with Gasteiger partial charge < -0.3 is 28.7 Å². The molecule has 65 heavy (non-hydrogen) atoms. The van der Waals surface area contributed by atoms with Gasteiger partial charge in [-0.15, -0.1) is 0 Å². The number of aromatic nitrogens is 5. The van der Waals surface area contributed by atoms with Crippen LogP contribution in [0.15, 0.2) is 72.9 Å². The highest BCUT2D eigenvalue weighted by atomic mass is 35.5. The Morgan fingerprint density at radius 2 is 1.63 bits per heavy atom. The van der Waals surface area contributed by atoms with Crippen LogP contribution in [-0.2, 0) is 19.3 Å². The second-order valence-corrected chi connectivity index (χ2v) is 17.3. The van der Waals surface area contributed by atoms with E-state index in [2.05, 4.69) is 14.8 Å². The lowest BCUT2D eigenvalue weighted by Crippen LogP contribution is -2.43. The van der Waals surface area contributed by atoms with Gasteiger partial charge in [-0.1, -0.05) is 41.9 Å². The molecule has 340 valence electrons. The van der Waals surface area contributed by atoms with Crippen molar-refractivity contribution in [2.24, 2.45) is 0 Å². The first-order valence-electron chi connectivity index (χ1n) is 21.6. The van der Waals surface area contributed by atoms with Crippen molar-refractivity contribution >= 4 is 34.1 Å². The molecule has 3 aliphatic rings. The predicted octanol–water partition coefficient (Wildman–Crippen LogP) is 9.91. The molecule has 0 unspecified atom stereocenters. The fourth-order valence-corrected chi connectivity index (χ4v) is 9.96. The van der Waals surface area contributed by atoms with E-state index in [1.807, 2.05) is 72.5 Å².